The first kappa shape index (κ1) is 30.8. The van der Waals surface area contributed by atoms with Crippen LogP contribution in [-0.4, -0.2) is 55.4 Å². The molecule has 1 heterocycles. The number of carbonyl (C=O) groups excluding carboxylic acids is 3. The Bertz CT molecular complexity index is 1330. The Kier molecular flexibility index (Phi) is 10.0. The molecule has 1 atom stereocenters. The topological polar surface area (TPSA) is 141 Å². The van der Waals surface area contributed by atoms with Gasteiger partial charge in [0.15, 0.2) is 15.0 Å². The SMILES string of the molecule is Cc1nc(NC(=O)CC[C@H](NC(=O)OC(C)(C)C)C(=O)OC2CCCC2)sc1-c1ccc(Cl)c(S(C)(=O)=O)c1. The van der Waals surface area contributed by atoms with Crippen LogP contribution in [0.3, 0.4) is 0 Å². The first-order valence-electron chi connectivity index (χ1n) is 12.6. The summed E-state index contributed by atoms with van der Waals surface area (Å²) in [5.41, 5.74) is 0.446. The van der Waals surface area contributed by atoms with Crippen LogP contribution in [0.25, 0.3) is 10.4 Å². The molecule has 0 radical (unpaired) electrons. The van der Waals surface area contributed by atoms with Crippen LogP contribution in [0.4, 0.5) is 9.93 Å². The van der Waals surface area contributed by atoms with E-state index in [1.54, 1.807) is 33.8 Å². The molecule has 2 aromatic rings. The second-order valence-corrected chi connectivity index (χ2v) is 13.9. The van der Waals surface area contributed by atoms with Gasteiger partial charge < -0.3 is 20.1 Å². The standard InChI is InChI=1S/C26H34ClN3O7S2/c1-15-22(16-10-11-18(27)20(14-16)39(5,34)35)38-24(28-15)30-21(31)13-12-19(29-25(33)37-26(2,3)4)23(32)36-17-8-6-7-9-17/h10-11,14,17,19H,6-9,12-13H2,1-5H3,(H,29,33)(H,28,30,31)/t19-/m0/s1. The number of esters is 1. The molecule has 1 aliphatic rings. The normalized spacial score (nSPS) is 15.0. The summed E-state index contributed by atoms with van der Waals surface area (Å²) in [7, 11) is -3.53. The molecule has 10 nitrogen and oxygen atoms in total. The molecule has 1 fully saturated rings. The minimum atomic E-state index is -3.53. The average molecular weight is 600 g/mol. The van der Waals surface area contributed by atoms with Crippen molar-refractivity contribution in [3.63, 3.8) is 0 Å². The van der Waals surface area contributed by atoms with E-state index in [9.17, 15) is 22.8 Å². The maximum absolute atomic E-state index is 12.8. The highest BCUT2D eigenvalue weighted by molar-refractivity contribution is 7.90. The van der Waals surface area contributed by atoms with Crippen molar-refractivity contribution < 1.29 is 32.3 Å². The van der Waals surface area contributed by atoms with Crippen molar-refractivity contribution in [3.8, 4) is 10.4 Å². The number of halogens is 1. The lowest BCUT2D eigenvalue weighted by molar-refractivity contribution is -0.151. The molecule has 0 spiro atoms. The van der Waals surface area contributed by atoms with Gasteiger partial charge in [-0.25, -0.2) is 23.0 Å². The summed E-state index contributed by atoms with van der Waals surface area (Å²) < 4.78 is 35.0. The zero-order chi connectivity index (χ0) is 29.0. The first-order chi connectivity index (χ1) is 18.1. The second-order valence-electron chi connectivity index (χ2n) is 10.5. The van der Waals surface area contributed by atoms with E-state index in [0.717, 1.165) is 31.9 Å². The monoisotopic (exact) mass is 599 g/mol. The molecule has 1 aromatic carbocycles. The van der Waals surface area contributed by atoms with Gasteiger partial charge in [0.1, 0.15) is 17.7 Å². The number of alkyl carbamates (subject to hydrolysis) is 1. The van der Waals surface area contributed by atoms with Crippen LogP contribution in [0.15, 0.2) is 23.1 Å². The number of amides is 2. The number of sulfone groups is 1. The van der Waals surface area contributed by atoms with Gasteiger partial charge >= 0.3 is 12.1 Å². The number of anilines is 1. The predicted octanol–water partition coefficient (Wildman–Crippen LogP) is 5.27. The van der Waals surface area contributed by atoms with E-state index in [0.29, 0.717) is 21.3 Å². The second kappa shape index (κ2) is 12.6. The van der Waals surface area contributed by atoms with Crippen LogP contribution in [0.5, 0.6) is 0 Å². The number of nitrogens with zero attached hydrogens (tertiary/aromatic N) is 1. The van der Waals surface area contributed by atoms with E-state index in [4.69, 9.17) is 21.1 Å². The number of hydrogen-bond donors (Lipinski definition) is 2. The van der Waals surface area contributed by atoms with Gasteiger partial charge in [0.25, 0.3) is 0 Å². The fourth-order valence-electron chi connectivity index (χ4n) is 4.06. The lowest BCUT2D eigenvalue weighted by atomic mass is 10.1. The maximum Gasteiger partial charge on any atom is 0.408 e. The Morgan fingerprint density at radius 3 is 2.49 bits per heavy atom. The molecule has 1 saturated carbocycles. The van der Waals surface area contributed by atoms with Crippen molar-refractivity contribution >= 4 is 55.9 Å². The molecule has 3 rings (SSSR count). The molecule has 214 valence electrons. The summed E-state index contributed by atoms with van der Waals surface area (Å²) >= 11 is 7.24. The molecule has 0 bridgehead atoms. The number of benzene rings is 1. The van der Waals surface area contributed by atoms with Crippen LogP contribution in [0.2, 0.25) is 5.02 Å². The number of carbonyl (C=O) groups is 3. The van der Waals surface area contributed by atoms with Gasteiger partial charge in [-0.05, 0) is 77.5 Å². The summed E-state index contributed by atoms with van der Waals surface area (Å²) in [6.07, 6.45) is 3.53. The third-order valence-corrected chi connectivity index (χ3v) is 8.56. The minimum absolute atomic E-state index is 0.00273. The van der Waals surface area contributed by atoms with Gasteiger partial charge in [-0.15, -0.1) is 0 Å². The van der Waals surface area contributed by atoms with Crippen LogP contribution in [0, 0.1) is 6.92 Å². The highest BCUT2D eigenvalue weighted by Crippen LogP contribution is 2.35. The molecule has 0 aliphatic heterocycles. The van der Waals surface area contributed by atoms with Crippen LogP contribution >= 0.6 is 22.9 Å². The molecule has 0 unspecified atom stereocenters. The number of nitrogens with one attached hydrogen (secondary N) is 2. The number of thiazole rings is 1. The fraction of sp³-hybridized carbons (Fsp3) is 0.538. The van der Waals surface area contributed by atoms with Crippen molar-refractivity contribution in [2.45, 2.75) is 88.9 Å². The number of rotatable bonds is 9. The van der Waals surface area contributed by atoms with Crippen molar-refractivity contribution in [2.75, 3.05) is 11.6 Å². The van der Waals surface area contributed by atoms with Gasteiger partial charge in [0.05, 0.1) is 20.5 Å². The molecule has 1 aromatic heterocycles. The smallest absolute Gasteiger partial charge is 0.408 e. The van der Waals surface area contributed by atoms with Gasteiger partial charge in [0.2, 0.25) is 5.91 Å². The fourth-order valence-corrected chi connectivity index (χ4v) is 6.34. The van der Waals surface area contributed by atoms with Crippen LogP contribution in [0.1, 0.15) is 65.0 Å². The zero-order valence-corrected chi connectivity index (χ0v) is 25.0. The summed E-state index contributed by atoms with van der Waals surface area (Å²) in [4.78, 5) is 43.0. The van der Waals surface area contributed by atoms with Gasteiger partial charge in [-0.2, -0.15) is 0 Å². The van der Waals surface area contributed by atoms with E-state index in [-0.39, 0.29) is 28.9 Å². The predicted molar refractivity (Wildman–Crippen MR) is 150 cm³/mol. The molecule has 2 N–H and O–H groups in total. The van der Waals surface area contributed by atoms with Crippen molar-refractivity contribution in [1.82, 2.24) is 10.3 Å². The lowest BCUT2D eigenvalue weighted by Crippen LogP contribution is -2.45. The Balaban J connectivity index is 1.67. The number of ether oxygens (including phenoxy) is 2. The minimum Gasteiger partial charge on any atom is -0.461 e. The Morgan fingerprint density at radius 2 is 1.87 bits per heavy atom. The molecular formula is C26H34ClN3O7S2. The number of hydrogen-bond acceptors (Lipinski definition) is 9. The van der Waals surface area contributed by atoms with E-state index < -0.39 is 39.4 Å². The highest BCUT2D eigenvalue weighted by atomic mass is 35.5. The van der Waals surface area contributed by atoms with Gasteiger partial charge in [-0.3, -0.25) is 4.79 Å². The molecule has 13 heteroatoms. The first-order valence-corrected chi connectivity index (χ1v) is 15.7. The van der Waals surface area contributed by atoms with Crippen molar-refractivity contribution in [3.05, 3.63) is 28.9 Å². The van der Waals surface area contributed by atoms with Crippen molar-refractivity contribution in [1.29, 1.82) is 0 Å². The summed E-state index contributed by atoms with van der Waals surface area (Å²) in [5.74, 6) is -1.01. The summed E-state index contributed by atoms with van der Waals surface area (Å²) in [6, 6.07) is 3.62. The zero-order valence-electron chi connectivity index (χ0n) is 22.6. The molecule has 1 aliphatic carbocycles. The Hall–Kier alpha value is -2.70. The largest absolute Gasteiger partial charge is 0.461 e. The quantitative estimate of drug-likeness (QED) is 0.371. The molecular weight excluding hydrogens is 566 g/mol. The maximum atomic E-state index is 12.8. The van der Waals surface area contributed by atoms with E-state index in [1.807, 2.05) is 0 Å². The Morgan fingerprint density at radius 1 is 1.21 bits per heavy atom. The van der Waals surface area contributed by atoms with Crippen LogP contribution < -0.4 is 10.6 Å². The van der Waals surface area contributed by atoms with E-state index in [2.05, 4.69) is 15.6 Å². The molecule has 39 heavy (non-hydrogen) atoms. The van der Waals surface area contributed by atoms with Crippen LogP contribution in [-0.2, 0) is 28.9 Å². The number of aryl methyl sites for hydroxylation is 1. The summed E-state index contributed by atoms with van der Waals surface area (Å²) in [6.45, 7) is 6.88. The average Bonchev–Trinajstić information content (AvgIpc) is 3.44. The van der Waals surface area contributed by atoms with Gasteiger partial charge in [-0.1, -0.05) is 29.0 Å². The Labute approximate surface area is 237 Å². The number of aromatic nitrogens is 1. The van der Waals surface area contributed by atoms with Gasteiger partial charge in [0, 0.05) is 12.7 Å². The van der Waals surface area contributed by atoms with E-state index in [1.165, 1.54) is 23.5 Å². The molecule has 0 saturated heterocycles. The lowest BCUT2D eigenvalue weighted by Gasteiger charge is -2.23. The highest BCUT2D eigenvalue weighted by Gasteiger charge is 2.29. The third-order valence-electron chi connectivity index (χ3n) is 5.86. The van der Waals surface area contributed by atoms with E-state index >= 15 is 0 Å². The molecule has 2 amide bonds. The third kappa shape index (κ3) is 9.18. The van der Waals surface area contributed by atoms with Crippen molar-refractivity contribution in [2.24, 2.45) is 0 Å². The summed E-state index contributed by atoms with van der Waals surface area (Å²) in [5, 5.41) is 5.69.